The van der Waals surface area contributed by atoms with Crippen molar-refractivity contribution in [1.82, 2.24) is 14.8 Å². The number of amides is 1. The van der Waals surface area contributed by atoms with Crippen molar-refractivity contribution in [2.75, 3.05) is 32.7 Å². The number of benzene rings is 1. The first kappa shape index (κ1) is 16.5. The molecule has 1 aliphatic heterocycles. The Morgan fingerprint density at radius 2 is 2.04 bits per heavy atom. The van der Waals surface area contributed by atoms with Gasteiger partial charge in [-0.25, -0.2) is 0 Å². The second-order valence-corrected chi connectivity index (χ2v) is 6.08. The zero-order valence-electron chi connectivity index (χ0n) is 13.6. The SMILES string of the molecule is O=C(c1cc[nH]c1)N1CCN(C/C=C/c2ccccc2)C[C@@H](O)C1. The molecule has 0 unspecified atom stereocenters. The number of rotatable bonds is 4. The fraction of sp³-hybridized carbons (Fsp3) is 0.316. The van der Waals surface area contributed by atoms with E-state index >= 15 is 0 Å². The number of aliphatic hydroxyl groups is 1. The quantitative estimate of drug-likeness (QED) is 0.902. The topological polar surface area (TPSA) is 59.6 Å². The predicted molar refractivity (Wildman–Crippen MR) is 94.6 cm³/mol. The summed E-state index contributed by atoms with van der Waals surface area (Å²) >= 11 is 0. The molecule has 1 aromatic heterocycles. The van der Waals surface area contributed by atoms with Gasteiger partial charge in [0.25, 0.3) is 5.91 Å². The van der Waals surface area contributed by atoms with E-state index in [4.69, 9.17) is 0 Å². The van der Waals surface area contributed by atoms with Crippen LogP contribution in [0, 0.1) is 0 Å². The molecule has 2 N–H and O–H groups in total. The lowest BCUT2D eigenvalue weighted by molar-refractivity contribution is 0.0665. The molecule has 0 spiro atoms. The molecule has 0 aliphatic carbocycles. The van der Waals surface area contributed by atoms with Crippen molar-refractivity contribution in [2.45, 2.75) is 6.10 Å². The molecule has 5 heteroatoms. The van der Waals surface area contributed by atoms with Crippen LogP contribution in [-0.2, 0) is 0 Å². The minimum atomic E-state index is -0.527. The third kappa shape index (κ3) is 4.34. The molecule has 2 heterocycles. The number of aromatic nitrogens is 1. The fourth-order valence-corrected chi connectivity index (χ4v) is 2.95. The second-order valence-electron chi connectivity index (χ2n) is 6.08. The normalized spacial score (nSPS) is 19.5. The highest BCUT2D eigenvalue weighted by Crippen LogP contribution is 2.10. The van der Waals surface area contributed by atoms with E-state index < -0.39 is 6.10 Å². The first-order valence-electron chi connectivity index (χ1n) is 8.26. The van der Waals surface area contributed by atoms with Gasteiger partial charge in [0.05, 0.1) is 11.7 Å². The number of H-pyrrole nitrogens is 1. The van der Waals surface area contributed by atoms with Gasteiger partial charge in [-0.3, -0.25) is 9.69 Å². The maximum Gasteiger partial charge on any atom is 0.255 e. The highest BCUT2D eigenvalue weighted by Gasteiger charge is 2.24. The van der Waals surface area contributed by atoms with Gasteiger partial charge < -0.3 is 15.0 Å². The van der Waals surface area contributed by atoms with E-state index in [1.807, 2.05) is 18.2 Å². The zero-order valence-corrected chi connectivity index (χ0v) is 13.6. The minimum absolute atomic E-state index is 0.0306. The van der Waals surface area contributed by atoms with Crippen LogP contribution < -0.4 is 0 Å². The lowest BCUT2D eigenvalue weighted by Crippen LogP contribution is -2.37. The molecule has 1 saturated heterocycles. The van der Waals surface area contributed by atoms with Crippen LogP contribution in [0.3, 0.4) is 0 Å². The molecule has 24 heavy (non-hydrogen) atoms. The van der Waals surface area contributed by atoms with Crippen molar-refractivity contribution < 1.29 is 9.90 Å². The summed E-state index contributed by atoms with van der Waals surface area (Å²) in [6, 6.07) is 11.9. The van der Waals surface area contributed by atoms with E-state index in [0.717, 1.165) is 18.7 Å². The number of nitrogens with zero attached hydrogens (tertiary/aromatic N) is 2. The lowest BCUT2D eigenvalue weighted by atomic mass is 10.2. The van der Waals surface area contributed by atoms with Crippen LogP contribution in [0.5, 0.6) is 0 Å². The molecule has 5 nitrogen and oxygen atoms in total. The van der Waals surface area contributed by atoms with E-state index in [2.05, 4.69) is 34.2 Å². The smallest absolute Gasteiger partial charge is 0.255 e. The Kier molecular flexibility index (Phi) is 5.46. The lowest BCUT2D eigenvalue weighted by Gasteiger charge is -2.21. The highest BCUT2D eigenvalue weighted by molar-refractivity contribution is 5.94. The summed E-state index contributed by atoms with van der Waals surface area (Å²) in [6.45, 7) is 3.10. The van der Waals surface area contributed by atoms with Crippen molar-refractivity contribution in [1.29, 1.82) is 0 Å². The molecular weight excluding hydrogens is 302 g/mol. The Morgan fingerprint density at radius 1 is 1.21 bits per heavy atom. The van der Waals surface area contributed by atoms with E-state index in [1.54, 1.807) is 23.4 Å². The summed E-state index contributed by atoms with van der Waals surface area (Å²) < 4.78 is 0. The van der Waals surface area contributed by atoms with E-state index in [-0.39, 0.29) is 5.91 Å². The predicted octanol–water partition coefficient (Wildman–Crippen LogP) is 1.85. The van der Waals surface area contributed by atoms with Crippen molar-refractivity contribution in [3.05, 3.63) is 66.0 Å². The van der Waals surface area contributed by atoms with Crippen LogP contribution in [0.15, 0.2) is 54.9 Å². The first-order chi connectivity index (χ1) is 11.7. The summed E-state index contributed by atoms with van der Waals surface area (Å²) in [5.74, 6) is -0.0306. The van der Waals surface area contributed by atoms with Gasteiger partial charge in [-0.05, 0) is 11.6 Å². The van der Waals surface area contributed by atoms with Gasteiger partial charge in [0.15, 0.2) is 0 Å². The van der Waals surface area contributed by atoms with Gasteiger partial charge in [-0.1, -0.05) is 42.5 Å². The van der Waals surface area contributed by atoms with Gasteiger partial charge in [0, 0.05) is 45.1 Å². The Bertz CT molecular complexity index is 667. The third-order valence-corrected chi connectivity index (χ3v) is 4.19. The van der Waals surface area contributed by atoms with Gasteiger partial charge in [0.1, 0.15) is 0 Å². The monoisotopic (exact) mass is 325 g/mol. The molecule has 1 amide bonds. The van der Waals surface area contributed by atoms with Crippen LogP contribution >= 0.6 is 0 Å². The Hall–Kier alpha value is -2.37. The molecule has 1 fully saturated rings. The number of hydrogen-bond donors (Lipinski definition) is 2. The molecule has 126 valence electrons. The summed E-state index contributed by atoms with van der Waals surface area (Å²) in [4.78, 5) is 19.2. The Balaban J connectivity index is 1.56. The third-order valence-electron chi connectivity index (χ3n) is 4.19. The number of β-amino-alcohol motifs (C(OH)–C–C–N with tert-alkyl or cyclic N) is 1. The number of carbonyl (C=O) groups excluding carboxylic acids is 1. The van der Waals surface area contributed by atoms with Gasteiger partial charge in [0.2, 0.25) is 0 Å². The summed E-state index contributed by atoms with van der Waals surface area (Å²) in [5.41, 5.74) is 1.80. The number of nitrogens with one attached hydrogen (secondary N) is 1. The van der Waals surface area contributed by atoms with E-state index in [1.165, 1.54) is 0 Å². The Morgan fingerprint density at radius 3 is 2.79 bits per heavy atom. The molecule has 0 saturated carbocycles. The second kappa shape index (κ2) is 7.95. The number of aliphatic hydroxyl groups excluding tert-OH is 1. The standard InChI is InChI=1S/C19H23N3O2/c23-18-14-21(10-4-7-16-5-2-1-3-6-16)11-12-22(15-18)19(24)17-8-9-20-13-17/h1-9,13,18,20,23H,10-12,14-15H2/b7-4+/t18-/m1/s1. The Labute approximate surface area is 142 Å². The van der Waals surface area contributed by atoms with E-state index in [9.17, 15) is 9.90 Å². The minimum Gasteiger partial charge on any atom is -0.390 e. The fourth-order valence-electron chi connectivity index (χ4n) is 2.95. The average Bonchev–Trinajstić information content (AvgIpc) is 3.06. The van der Waals surface area contributed by atoms with Crippen molar-refractivity contribution >= 4 is 12.0 Å². The number of carbonyl (C=O) groups is 1. The number of aromatic amines is 1. The van der Waals surface area contributed by atoms with Crippen LogP contribution in [-0.4, -0.2) is 64.6 Å². The molecule has 1 atom stereocenters. The summed E-state index contributed by atoms with van der Waals surface area (Å²) in [6.07, 6.45) is 7.09. The van der Waals surface area contributed by atoms with Crippen LogP contribution in [0.2, 0.25) is 0 Å². The largest absolute Gasteiger partial charge is 0.390 e. The van der Waals surface area contributed by atoms with Gasteiger partial charge in [-0.15, -0.1) is 0 Å². The van der Waals surface area contributed by atoms with Gasteiger partial charge in [-0.2, -0.15) is 0 Å². The molecule has 0 radical (unpaired) electrons. The zero-order chi connectivity index (χ0) is 16.8. The van der Waals surface area contributed by atoms with Crippen molar-refractivity contribution in [2.24, 2.45) is 0 Å². The van der Waals surface area contributed by atoms with Crippen LogP contribution in [0.4, 0.5) is 0 Å². The molecule has 1 aliphatic rings. The first-order valence-corrected chi connectivity index (χ1v) is 8.26. The van der Waals surface area contributed by atoms with Crippen LogP contribution in [0.25, 0.3) is 6.08 Å². The summed E-state index contributed by atoms with van der Waals surface area (Å²) in [5, 5.41) is 10.2. The summed E-state index contributed by atoms with van der Waals surface area (Å²) in [7, 11) is 0. The molecule has 2 aromatic rings. The average molecular weight is 325 g/mol. The maximum absolute atomic E-state index is 12.4. The van der Waals surface area contributed by atoms with Crippen molar-refractivity contribution in [3.8, 4) is 0 Å². The highest BCUT2D eigenvalue weighted by atomic mass is 16.3. The van der Waals surface area contributed by atoms with Crippen molar-refractivity contribution in [3.63, 3.8) is 0 Å². The molecule has 0 bridgehead atoms. The molecular formula is C19H23N3O2. The molecule has 1 aromatic carbocycles. The maximum atomic E-state index is 12.4. The van der Waals surface area contributed by atoms with Gasteiger partial charge >= 0.3 is 0 Å². The van der Waals surface area contributed by atoms with E-state index in [0.29, 0.717) is 25.2 Å². The molecule has 3 rings (SSSR count). The number of hydrogen-bond acceptors (Lipinski definition) is 3. The van der Waals surface area contributed by atoms with Crippen LogP contribution in [0.1, 0.15) is 15.9 Å².